The van der Waals surface area contributed by atoms with E-state index in [0.717, 1.165) is 17.5 Å². The molecule has 2 atom stereocenters. The molecule has 1 saturated heterocycles. The molecule has 7 nitrogen and oxygen atoms in total. The number of rotatable bonds is 3. The molecule has 10 heteroatoms. The molecule has 2 aliphatic heterocycles. The summed E-state index contributed by atoms with van der Waals surface area (Å²) < 4.78 is 44.5. The van der Waals surface area contributed by atoms with Gasteiger partial charge in [0.05, 0.1) is 19.6 Å². The lowest BCUT2D eigenvalue weighted by Crippen LogP contribution is -2.49. The number of alkyl halides is 3. The smallest absolute Gasteiger partial charge is 0.451 e. The highest BCUT2D eigenvalue weighted by atomic mass is 19.4. The minimum Gasteiger partial charge on any atom is -0.469 e. The van der Waals surface area contributed by atoms with Crippen molar-refractivity contribution in [1.29, 1.82) is 0 Å². The Morgan fingerprint density at radius 2 is 2.17 bits per heavy atom. The van der Waals surface area contributed by atoms with Gasteiger partial charge >= 0.3 is 12.1 Å². The fraction of sp³-hybridized carbons (Fsp3) is 0.786. The molecule has 0 bridgehead atoms. The molecule has 134 valence electrons. The topological polar surface area (TPSA) is 72.3 Å². The molecule has 24 heavy (non-hydrogen) atoms. The van der Waals surface area contributed by atoms with Crippen molar-refractivity contribution < 1.29 is 22.7 Å². The maximum absolute atomic E-state index is 12.8. The zero-order chi connectivity index (χ0) is 17.3. The van der Waals surface area contributed by atoms with Crippen molar-refractivity contribution in [2.75, 3.05) is 26.7 Å². The van der Waals surface area contributed by atoms with Gasteiger partial charge in [-0.3, -0.25) is 9.69 Å². The van der Waals surface area contributed by atoms with Gasteiger partial charge in [0, 0.05) is 25.7 Å². The van der Waals surface area contributed by atoms with Gasteiger partial charge in [0.25, 0.3) is 0 Å². The fourth-order valence-electron chi connectivity index (χ4n) is 3.41. The molecule has 0 aromatic carbocycles. The lowest BCUT2D eigenvalue weighted by molar-refractivity contribution is -0.148. The quantitative estimate of drug-likeness (QED) is 0.810. The summed E-state index contributed by atoms with van der Waals surface area (Å²) in [4.78, 5) is 13.7. The summed E-state index contributed by atoms with van der Waals surface area (Å²) in [6.07, 6.45) is -3.07. The van der Waals surface area contributed by atoms with Crippen LogP contribution in [-0.2, 0) is 28.8 Å². The van der Waals surface area contributed by atoms with Crippen LogP contribution in [0.1, 0.15) is 24.5 Å². The van der Waals surface area contributed by atoms with Gasteiger partial charge in [-0.25, -0.2) is 0 Å². The monoisotopic (exact) mass is 347 g/mol. The average Bonchev–Trinajstić information content (AvgIpc) is 2.97. The van der Waals surface area contributed by atoms with Gasteiger partial charge in [0.1, 0.15) is 5.82 Å². The number of hydrogen-bond donors (Lipinski definition) is 1. The van der Waals surface area contributed by atoms with E-state index in [4.69, 9.17) is 4.74 Å². The van der Waals surface area contributed by atoms with Gasteiger partial charge < -0.3 is 14.6 Å². The molecule has 2 aliphatic rings. The van der Waals surface area contributed by atoms with E-state index in [-0.39, 0.29) is 24.5 Å². The van der Waals surface area contributed by atoms with Gasteiger partial charge in [-0.05, 0) is 19.4 Å². The Bertz CT molecular complexity index is 604. The zero-order valence-electron chi connectivity index (χ0n) is 13.3. The standard InChI is InChI=1S/C14H20F3N5O2/c1-24-12(23)9-2-3-18-10(6-9)7-21-4-5-22-11(8-21)19-20-13(22)14(15,16)17/h9-10,18H,2-8H2,1H3/t9-,10+/m0/s1. The Hall–Kier alpha value is -1.68. The second-order valence-electron chi connectivity index (χ2n) is 6.22. The molecule has 1 aromatic rings. The molecule has 1 fully saturated rings. The number of halogens is 3. The number of methoxy groups -OCH3 is 1. The number of esters is 1. The molecule has 0 spiro atoms. The van der Waals surface area contributed by atoms with Crippen molar-refractivity contribution in [3.63, 3.8) is 0 Å². The summed E-state index contributed by atoms with van der Waals surface area (Å²) in [5.41, 5.74) is 0. The maximum atomic E-state index is 12.8. The van der Waals surface area contributed by atoms with Crippen molar-refractivity contribution in [3.05, 3.63) is 11.6 Å². The maximum Gasteiger partial charge on any atom is 0.451 e. The largest absolute Gasteiger partial charge is 0.469 e. The Morgan fingerprint density at radius 3 is 2.88 bits per heavy atom. The summed E-state index contributed by atoms with van der Waals surface area (Å²) >= 11 is 0. The first-order valence-electron chi connectivity index (χ1n) is 7.91. The van der Waals surface area contributed by atoms with Crippen LogP contribution in [0.15, 0.2) is 0 Å². The normalized spacial score (nSPS) is 25.3. The third-order valence-corrected chi connectivity index (χ3v) is 4.59. The van der Waals surface area contributed by atoms with Crippen LogP contribution in [0.5, 0.6) is 0 Å². The summed E-state index contributed by atoms with van der Waals surface area (Å²) in [6.45, 7) is 2.41. The summed E-state index contributed by atoms with van der Waals surface area (Å²) in [7, 11) is 1.38. The summed E-state index contributed by atoms with van der Waals surface area (Å²) in [5.74, 6) is -0.922. The second-order valence-corrected chi connectivity index (χ2v) is 6.22. The van der Waals surface area contributed by atoms with E-state index in [1.807, 2.05) is 4.90 Å². The van der Waals surface area contributed by atoms with Crippen LogP contribution < -0.4 is 5.32 Å². The van der Waals surface area contributed by atoms with Crippen molar-refractivity contribution in [1.82, 2.24) is 25.0 Å². The van der Waals surface area contributed by atoms with Crippen LogP contribution in [0.2, 0.25) is 0 Å². The van der Waals surface area contributed by atoms with E-state index >= 15 is 0 Å². The van der Waals surface area contributed by atoms with Crippen LogP contribution >= 0.6 is 0 Å². The van der Waals surface area contributed by atoms with Crippen LogP contribution in [0.25, 0.3) is 0 Å². The van der Waals surface area contributed by atoms with Gasteiger partial charge in [-0.2, -0.15) is 13.2 Å². The number of ether oxygens (including phenoxy) is 1. The van der Waals surface area contributed by atoms with Gasteiger partial charge in [0.2, 0.25) is 5.82 Å². The summed E-state index contributed by atoms with van der Waals surface area (Å²) in [6, 6.07) is 0.111. The fourth-order valence-corrected chi connectivity index (χ4v) is 3.41. The highest BCUT2D eigenvalue weighted by Crippen LogP contribution is 2.29. The Kier molecular flexibility index (Phi) is 4.77. The first-order chi connectivity index (χ1) is 11.4. The number of carbonyl (C=O) groups is 1. The third kappa shape index (κ3) is 3.54. The van der Waals surface area contributed by atoms with E-state index in [1.165, 1.54) is 7.11 Å². The van der Waals surface area contributed by atoms with Crippen LogP contribution in [0, 0.1) is 5.92 Å². The first-order valence-corrected chi connectivity index (χ1v) is 7.91. The van der Waals surface area contributed by atoms with Crippen molar-refractivity contribution >= 4 is 5.97 Å². The third-order valence-electron chi connectivity index (χ3n) is 4.59. The minimum absolute atomic E-state index is 0.111. The highest BCUT2D eigenvalue weighted by Gasteiger charge is 2.39. The van der Waals surface area contributed by atoms with Crippen molar-refractivity contribution in [2.24, 2.45) is 5.92 Å². The lowest BCUT2D eigenvalue weighted by Gasteiger charge is -2.35. The SMILES string of the molecule is COC(=O)[C@H]1CCN[C@@H](CN2CCn3c(nnc3C(F)(F)F)C2)C1. The van der Waals surface area contributed by atoms with Gasteiger partial charge in [-0.15, -0.1) is 10.2 Å². The summed E-state index contributed by atoms with van der Waals surface area (Å²) in [5, 5.41) is 10.3. The van der Waals surface area contributed by atoms with Crippen LogP contribution in [0.4, 0.5) is 13.2 Å². The second kappa shape index (κ2) is 6.67. The van der Waals surface area contributed by atoms with Crippen LogP contribution in [-0.4, -0.2) is 58.4 Å². The highest BCUT2D eigenvalue weighted by molar-refractivity contribution is 5.72. The molecule has 0 radical (unpaired) electrons. The molecule has 0 unspecified atom stereocenters. The van der Waals surface area contributed by atoms with Crippen molar-refractivity contribution in [2.45, 2.75) is 38.1 Å². The number of piperidine rings is 1. The Morgan fingerprint density at radius 1 is 1.38 bits per heavy atom. The first kappa shape index (κ1) is 17.2. The number of aromatic nitrogens is 3. The zero-order valence-corrected chi connectivity index (χ0v) is 13.3. The van der Waals surface area contributed by atoms with E-state index in [9.17, 15) is 18.0 Å². The average molecular weight is 347 g/mol. The molecular formula is C14H20F3N5O2. The van der Waals surface area contributed by atoms with E-state index in [1.54, 1.807) is 0 Å². The molecule has 3 heterocycles. The number of nitrogens with one attached hydrogen (secondary N) is 1. The molecule has 1 N–H and O–H groups in total. The lowest BCUT2D eigenvalue weighted by atomic mass is 9.92. The van der Waals surface area contributed by atoms with Gasteiger partial charge in [-0.1, -0.05) is 0 Å². The predicted octanol–water partition coefficient (Wildman–Crippen LogP) is 0.654. The molecule has 0 saturated carbocycles. The van der Waals surface area contributed by atoms with Gasteiger partial charge in [0.15, 0.2) is 0 Å². The number of carbonyl (C=O) groups excluding carboxylic acids is 1. The predicted molar refractivity (Wildman–Crippen MR) is 76.8 cm³/mol. The molecule has 1 aromatic heterocycles. The minimum atomic E-state index is -4.48. The molecule has 0 aliphatic carbocycles. The molecule has 3 rings (SSSR count). The number of nitrogens with zero attached hydrogens (tertiary/aromatic N) is 4. The Balaban J connectivity index is 1.60. The molecule has 0 amide bonds. The number of hydrogen-bond acceptors (Lipinski definition) is 6. The van der Waals surface area contributed by atoms with E-state index in [0.29, 0.717) is 31.9 Å². The molecular weight excluding hydrogens is 327 g/mol. The van der Waals surface area contributed by atoms with Crippen LogP contribution in [0.3, 0.4) is 0 Å². The van der Waals surface area contributed by atoms with E-state index in [2.05, 4.69) is 15.5 Å². The Labute approximate surface area is 137 Å². The van der Waals surface area contributed by atoms with E-state index < -0.39 is 12.0 Å². The van der Waals surface area contributed by atoms with Crippen molar-refractivity contribution in [3.8, 4) is 0 Å². The number of fused-ring (bicyclic) bond motifs is 1.